The minimum Gasteiger partial charge on any atom is -0.419 e. The highest BCUT2D eigenvalue weighted by molar-refractivity contribution is 6.81. The van der Waals surface area contributed by atoms with Crippen LogP contribution in [0.2, 0.25) is 29.7 Å². The van der Waals surface area contributed by atoms with Crippen molar-refractivity contribution in [2.24, 2.45) is 0 Å². The maximum absolute atomic E-state index is 5.74. The zero-order chi connectivity index (χ0) is 17.1. The maximum Gasteiger partial charge on any atom is 0.199 e. The molecule has 1 aliphatic heterocycles. The molecule has 0 aromatic heterocycles. The van der Waals surface area contributed by atoms with E-state index in [2.05, 4.69) is 64.1 Å². The first-order valence-corrected chi connectivity index (χ1v) is 14.4. The van der Waals surface area contributed by atoms with Gasteiger partial charge in [0, 0.05) is 39.5 Å². The predicted molar refractivity (Wildman–Crippen MR) is 104 cm³/mol. The van der Waals surface area contributed by atoms with Crippen molar-refractivity contribution in [3.63, 3.8) is 0 Å². The van der Waals surface area contributed by atoms with E-state index in [-0.39, 0.29) is 0 Å². The smallest absolute Gasteiger partial charge is 0.199 e. The second-order valence-corrected chi connectivity index (χ2v) is 18.7. The van der Waals surface area contributed by atoms with Crippen molar-refractivity contribution in [3.8, 4) is 0 Å². The second-order valence-electron chi connectivity index (χ2n) is 8.58. The molecule has 3 nitrogen and oxygen atoms in total. The van der Waals surface area contributed by atoms with Crippen LogP contribution in [-0.2, 0) is 4.43 Å². The Kier molecular flexibility index (Phi) is 7.33. The van der Waals surface area contributed by atoms with Gasteiger partial charge in [-0.1, -0.05) is 41.5 Å². The number of hydrogen-bond acceptors (Lipinski definition) is 3. The van der Waals surface area contributed by atoms with E-state index in [9.17, 15) is 0 Å². The average Bonchev–Trinajstić information content (AvgIpc) is 2.39. The summed E-state index contributed by atoms with van der Waals surface area (Å²) in [4.78, 5) is 2.65. The molecule has 0 radical (unpaired) electrons. The molecular weight excluding hydrogens is 304 g/mol. The third-order valence-electron chi connectivity index (χ3n) is 5.85. The second kappa shape index (κ2) is 7.92. The van der Waals surface area contributed by atoms with Crippen LogP contribution in [0.25, 0.3) is 0 Å². The summed E-state index contributed by atoms with van der Waals surface area (Å²) in [5, 5.41) is 0. The lowest BCUT2D eigenvalue weighted by molar-refractivity contribution is 0.190. The fourth-order valence-corrected chi connectivity index (χ4v) is 13.7. The Balaban J connectivity index is 2.80. The molecule has 0 aliphatic carbocycles. The van der Waals surface area contributed by atoms with Crippen LogP contribution in [0, 0.1) is 0 Å². The van der Waals surface area contributed by atoms with Gasteiger partial charge in [-0.3, -0.25) is 0 Å². The largest absolute Gasteiger partial charge is 0.419 e. The normalized spacial score (nSPS) is 19.6. The van der Waals surface area contributed by atoms with E-state index in [4.69, 9.17) is 4.43 Å². The molecule has 0 bridgehead atoms. The molecule has 0 N–H and O–H groups in total. The highest BCUT2D eigenvalue weighted by Crippen LogP contribution is 2.44. The van der Waals surface area contributed by atoms with Gasteiger partial charge in [-0.05, 0) is 29.7 Å². The van der Waals surface area contributed by atoms with Crippen LogP contribution in [0.4, 0.5) is 0 Å². The minimum absolute atomic E-state index is 0.823. The zero-order valence-corrected chi connectivity index (χ0v) is 18.6. The SMILES string of the molecule is CO[Si](C)(C)CN1CCN([Si](C(C)C)(C(C)C)C(C)C)CC1. The first kappa shape index (κ1) is 20.4. The molecule has 0 atom stereocenters. The standard InChI is InChI=1S/C17H40N2OSi2/c1-15(2)22(16(3)4,17(5)6)19-12-10-18(11-13-19)14-21(8,9)20-7/h15-17H,10-14H2,1-9H3. The number of piperazine rings is 1. The Morgan fingerprint density at radius 3 is 1.55 bits per heavy atom. The molecule has 1 rings (SSSR count). The van der Waals surface area contributed by atoms with Gasteiger partial charge in [0.05, 0.1) is 0 Å². The van der Waals surface area contributed by atoms with E-state index in [0.29, 0.717) is 0 Å². The molecule has 1 heterocycles. The van der Waals surface area contributed by atoms with Crippen LogP contribution in [0.5, 0.6) is 0 Å². The van der Waals surface area contributed by atoms with Crippen LogP contribution in [-0.4, -0.2) is 65.5 Å². The maximum atomic E-state index is 5.74. The lowest BCUT2D eigenvalue weighted by Crippen LogP contribution is -2.65. The number of hydrogen-bond donors (Lipinski definition) is 0. The number of nitrogens with zero attached hydrogens (tertiary/aromatic N) is 2. The third-order valence-corrected chi connectivity index (χ3v) is 15.3. The van der Waals surface area contributed by atoms with Crippen LogP contribution in [0.15, 0.2) is 0 Å². The molecular formula is C17H40N2OSi2. The summed E-state index contributed by atoms with van der Waals surface area (Å²) < 4.78 is 8.68. The van der Waals surface area contributed by atoms with E-state index in [1.165, 1.54) is 32.3 Å². The van der Waals surface area contributed by atoms with Crippen LogP contribution < -0.4 is 0 Å². The summed E-state index contributed by atoms with van der Waals surface area (Å²) in [6, 6.07) is 0. The highest BCUT2D eigenvalue weighted by atomic mass is 28.4. The van der Waals surface area contributed by atoms with E-state index in [0.717, 1.165) is 16.6 Å². The monoisotopic (exact) mass is 344 g/mol. The molecule has 1 aliphatic rings. The molecule has 0 aromatic carbocycles. The van der Waals surface area contributed by atoms with Gasteiger partial charge < -0.3 is 13.9 Å². The molecule has 5 heteroatoms. The molecule has 0 unspecified atom stereocenters. The van der Waals surface area contributed by atoms with Crippen LogP contribution >= 0.6 is 0 Å². The Morgan fingerprint density at radius 1 is 0.818 bits per heavy atom. The van der Waals surface area contributed by atoms with Gasteiger partial charge in [0.1, 0.15) is 8.24 Å². The van der Waals surface area contributed by atoms with E-state index < -0.39 is 16.6 Å². The molecule has 132 valence electrons. The van der Waals surface area contributed by atoms with Gasteiger partial charge in [0.25, 0.3) is 0 Å². The lowest BCUT2D eigenvalue weighted by Gasteiger charge is -2.54. The van der Waals surface area contributed by atoms with Gasteiger partial charge in [-0.15, -0.1) is 0 Å². The summed E-state index contributed by atoms with van der Waals surface area (Å²) >= 11 is 0. The van der Waals surface area contributed by atoms with Crippen molar-refractivity contribution < 1.29 is 4.43 Å². The van der Waals surface area contributed by atoms with Crippen LogP contribution in [0.1, 0.15) is 41.5 Å². The molecule has 1 fully saturated rings. The van der Waals surface area contributed by atoms with Gasteiger partial charge in [-0.2, -0.15) is 0 Å². The quantitative estimate of drug-likeness (QED) is 0.645. The van der Waals surface area contributed by atoms with Crippen molar-refractivity contribution in [1.29, 1.82) is 0 Å². The Bertz CT molecular complexity index is 316. The molecule has 0 amide bonds. The summed E-state index contributed by atoms with van der Waals surface area (Å²) in [6.45, 7) is 24.5. The van der Waals surface area contributed by atoms with E-state index in [1.54, 1.807) is 0 Å². The number of rotatable bonds is 7. The predicted octanol–water partition coefficient (Wildman–Crippen LogP) is 4.17. The summed E-state index contributed by atoms with van der Waals surface area (Å²) in [7, 11) is -1.03. The van der Waals surface area contributed by atoms with Crippen molar-refractivity contribution in [1.82, 2.24) is 9.47 Å². The summed E-state index contributed by atoms with van der Waals surface area (Å²) in [5.74, 6) is 0. The fraction of sp³-hybridized carbons (Fsp3) is 1.00. The van der Waals surface area contributed by atoms with Gasteiger partial charge in [0.15, 0.2) is 8.32 Å². The summed E-state index contributed by atoms with van der Waals surface area (Å²) in [6.07, 6.45) is 1.18. The zero-order valence-electron chi connectivity index (χ0n) is 16.6. The van der Waals surface area contributed by atoms with E-state index in [1.807, 2.05) is 7.11 Å². The Labute approximate surface area is 141 Å². The molecule has 0 spiro atoms. The first-order valence-electron chi connectivity index (χ1n) is 9.10. The minimum atomic E-state index is -1.48. The lowest BCUT2D eigenvalue weighted by atomic mass is 10.4. The Morgan fingerprint density at radius 2 is 1.23 bits per heavy atom. The van der Waals surface area contributed by atoms with Gasteiger partial charge in [-0.25, -0.2) is 0 Å². The average molecular weight is 345 g/mol. The van der Waals surface area contributed by atoms with Crippen molar-refractivity contribution in [3.05, 3.63) is 0 Å². The van der Waals surface area contributed by atoms with E-state index >= 15 is 0 Å². The van der Waals surface area contributed by atoms with Crippen LogP contribution in [0.3, 0.4) is 0 Å². The molecule has 0 aromatic rings. The molecule has 1 saturated heterocycles. The van der Waals surface area contributed by atoms with Gasteiger partial charge in [0.2, 0.25) is 0 Å². The topological polar surface area (TPSA) is 15.7 Å². The molecule has 22 heavy (non-hydrogen) atoms. The first-order chi connectivity index (χ1) is 10.1. The highest BCUT2D eigenvalue weighted by Gasteiger charge is 2.48. The summed E-state index contributed by atoms with van der Waals surface area (Å²) in [5.41, 5.74) is 2.47. The molecule has 0 saturated carbocycles. The Hall–Kier alpha value is 0.314. The van der Waals surface area contributed by atoms with Crippen molar-refractivity contribution in [2.45, 2.75) is 71.3 Å². The van der Waals surface area contributed by atoms with Gasteiger partial charge >= 0.3 is 0 Å². The fourth-order valence-electron chi connectivity index (χ4n) is 4.99. The van der Waals surface area contributed by atoms with Crippen molar-refractivity contribution in [2.75, 3.05) is 39.5 Å². The third kappa shape index (κ3) is 4.23. The van der Waals surface area contributed by atoms with Crippen molar-refractivity contribution >= 4 is 16.6 Å².